The number of benzene rings is 1. The van der Waals surface area contributed by atoms with E-state index >= 15 is 0 Å². The van der Waals surface area contributed by atoms with Gasteiger partial charge in [-0.15, -0.1) is 0 Å². The Morgan fingerprint density at radius 2 is 2.06 bits per heavy atom. The summed E-state index contributed by atoms with van der Waals surface area (Å²) >= 11 is 0. The van der Waals surface area contributed by atoms with Crippen molar-refractivity contribution in [3.05, 3.63) is 24.3 Å². The monoisotopic (exact) mass is 223 g/mol. The Bertz CT molecular complexity index is 302. The molecule has 0 fully saturated rings. The van der Waals surface area contributed by atoms with Crippen molar-refractivity contribution < 1.29 is 9.47 Å². The molecule has 0 aliphatic rings. The summed E-state index contributed by atoms with van der Waals surface area (Å²) in [4.78, 5) is 0. The van der Waals surface area contributed by atoms with Crippen LogP contribution < -0.4 is 15.2 Å². The van der Waals surface area contributed by atoms with Crippen LogP contribution in [-0.2, 0) is 0 Å². The third kappa shape index (κ3) is 4.53. The molecule has 0 saturated carbocycles. The van der Waals surface area contributed by atoms with Crippen LogP contribution in [0.5, 0.6) is 11.5 Å². The lowest BCUT2D eigenvalue weighted by Crippen LogP contribution is -2.19. The van der Waals surface area contributed by atoms with Gasteiger partial charge in [-0.25, -0.2) is 0 Å². The van der Waals surface area contributed by atoms with Crippen molar-refractivity contribution in [2.45, 2.75) is 32.2 Å². The fourth-order valence-corrected chi connectivity index (χ4v) is 1.43. The molecule has 0 heterocycles. The summed E-state index contributed by atoms with van der Waals surface area (Å²) in [7, 11) is 1.65. The molecule has 0 amide bonds. The van der Waals surface area contributed by atoms with Crippen LogP contribution in [0.1, 0.15) is 26.2 Å². The Hall–Kier alpha value is -1.22. The van der Waals surface area contributed by atoms with Crippen LogP contribution in [0, 0.1) is 0 Å². The third-order valence-corrected chi connectivity index (χ3v) is 2.55. The Morgan fingerprint density at radius 3 is 2.75 bits per heavy atom. The fraction of sp³-hybridized carbons (Fsp3) is 0.538. The van der Waals surface area contributed by atoms with Crippen molar-refractivity contribution in [1.82, 2.24) is 0 Å². The Balaban J connectivity index is 2.26. The molecule has 0 radical (unpaired) electrons. The van der Waals surface area contributed by atoms with Crippen LogP contribution in [0.15, 0.2) is 24.3 Å². The zero-order chi connectivity index (χ0) is 11.8. The molecule has 3 nitrogen and oxygen atoms in total. The van der Waals surface area contributed by atoms with Crippen LogP contribution in [-0.4, -0.2) is 19.8 Å². The van der Waals surface area contributed by atoms with Crippen molar-refractivity contribution in [1.29, 1.82) is 0 Å². The normalized spacial score (nSPS) is 12.2. The number of methoxy groups -OCH3 is 1. The molecule has 1 rings (SSSR count). The van der Waals surface area contributed by atoms with E-state index in [9.17, 15) is 0 Å². The SMILES string of the molecule is CCC(N)CCCOc1cccc(OC)c1. The van der Waals surface area contributed by atoms with Gasteiger partial charge >= 0.3 is 0 Å². The molecule has 16 heavy (non-hydrogen) atoms. The van der Waals surface area contributed by atoms with E-state index in [0.717, 1.165) is 30.8 Å². The lowest BCUT2D eigenvalue weighted by molar-refractivity contribution is 0.298. The third-order valence-electron chi connectivity index (χ3n) is 2.55. The summed E-state index contributed by atoms with van der Waals surface area (Å²) in [6.45, 7) is 2.81. The van der Waals surface area contributed by atoms with E-state index in [0.29, 0.717) is 12.6 Å². The second-order valence-corrected chi connectivity index (χ2v) is 3.84. The quantitative estimate of drug-likeness (QED) is 0.723. The molecule has 2 N–H and O–H groups in total. The molecule has 1 unspecified atom stereocenters. The molecule has 0 bridgehead atoms. The number of hydrogen-bond donors (Lipinski definition) is 1. The van der Waals surface area contributed by atoms with Crippen molar-refractivity contribution in [2.24, 2.45) is 5.73 Å². The first kappa shape index (κ1) is 12.8. The van der Waals surface area contributed by atoms with E-state index in [-0.39, 0.29) is 0 Å². The fourth-order valence-electron chi connectivity index (χ4n) is 1.43. The minimum absolute atomic E-state index is 0.300. The second-order valence-electron chi connectivity index (χ2n) is 3.84. The summed E-state index contributed by atoms with van der Waals surface area (Å²) in [5, 5.41) is 0. The first-order valence-electron chi connectivity index (χ1n) is 5.78. The second kappa shape index (κ2) is 7.12. The molecule has 1 aromatic rings. The van der Waals surface area contributed by atoms with E-state index < -0.39 is 0 Å². The molecule has 0 aromatic heterocycles. The predicted molar refractivity (Wildman–Crippen MR) is 66.0 cm³/mol. The molecule has 90 valence electrons. The largest absolute Gasteiger partial charge is 0.497 e. The molecule has 0 spiro atoms. The van der Waals surface area contributed by atoms with Crippen LogP contribution in [0.2, 0.25) is 0 Å². The first-order valence-corrected chi connectivity index (χ1v) is 5.78. The van der Waals surface area contributed by atoms with E-state index in [1.54, 1.807) is 7.11 Å². The van der Waals surface area contributed by atoms with Crippen molar-refractivity contribution >= 4 is 0 Å². The highest BCUT2D eigenvalue weighted by Crippen LogP contribution is 2.19. The van der Waals surface area contributed by atoms with Gasteiger partial charge in [0.1, 0.15) is 11.5 Å². The Morgan fingerprint density at radius 1 is 1.31 bits per heavy atom. The molecule has 3 heteroatoms. The Kier molecular flexibility index (Phi) is 5.72. The van der Waals surface area contributed by atoms with Gasteiger partial charge in [0.25, 0.3) is 0 Å². The van der Waals surface area contributed by atoms with Crippen LogP contribution in [0.4, 0.5) is 0 Å². The van der Waals surface area contributed by atoms with Gasteiger partial charge in [-0.2, -0.15) is 0 Å². The van der Waals surface area contributed by atoms with Gasteiger partial charge in [-0.3, -0.25) is 0 Å². The maximum Gasteiger partial charge on any atom is 0.122 e. The maximum atomic E-state index is 5.82. The summed E-state index contributed by atoms with van der Waals surface area (Å²) in [5.41, 5.74) is 5.82. The molecule has 0 saturated heterocycles. The van der Waals surface area contributed by atoms with Gasteiger partial charge in [0.2, 0.25) is 0 Å². The zero-order valence-corrected chi connectivity index (χ0v) is 10.1. The summed E-state index contributed by atoms with van der Waals surface area (Å²) in [6.07, 6.45) is 3.03. The minimum Gasteiger partial charge on any atom is -0.497 e. The molecule has 0 aliphatic heterocycles. The summed E-state index contributed by atoms with van der Waals surface area (Å²) < 4.78 is 10.7. The highest BCUT2D eigenvalue weighted by Gasteiger charge is 2.00. The minimum atomic E-state index is 0.300. The predicted octanol–water partition coefficient (Wildman–Crippen LogP) is 2.59. The van der Waals surface area contributed by atoms with Crippen LogP contribution >= 0.6 is 0 Å². The highest BCUT2D eigenvalue weighted by molar-refractivity contribution is 5.32. The number of nitrogens with two attached hydrogens (primary N) is 1. The summed E-state index contributed by atoms with van der Waals surface area (Å²) in [6, 6.07) is 7.95. The topological polar surface area (TPSA) is 44.5 Å². The smallest absolute Gasteiger partial charge is 0.122 e. The van der Waals surface area contributed by atoms with Crippen molar-refractivity contribution in [2.75, 3.05) is 13.7 Å². The molecular weight excluding hydrogens is 202 g/mol. The van der Waals surface area contributed by atoms with Gasteiger partial charge in [-0.05, 0) is 31.4 Å². The number of ether oxygens (including phenoxy) is 2. The van der Waals surface area contributed by atoms with Gasteiger partial charge in [0.15, 0.2) is 0 Å². The summed E-state index contributed by atoms with van der Waals surface area (Å²) in [5.74, 6) is 1.67. The van der Waals surface area contributed by atoms with E-state index in [1.165, 1.54) is 0 Å². The van der Waals surface area contributed by atoms with Gasteiger partial charge in [0.05, 0.1) is 13.7 Å². The van der Waals surface area contributed by atoms with Crippen molar-refractivity contribution in [3.63, 3.8) is 0 Å². The average Bonchev–Trinajstić information content (AvgIpc) is 2.34. The highest BCUT2D eigenvalue weighted by atomic mass is 16.5. The molecule has 1 aromatic carbocycles. The number of rotatable bonds is 7. The average molecular weight is 223 g/mol. The molecule has 1 atom stereocenters. The van der Waals surface area contributed by atoms with Crippen LogP contribution in [0.3, 0.4) is 0 Å². The zero-order valence-electron chi connectivity index (χ0n) is 10.1. The Labute approximate surface area is 97.6 Å². The molecule has 0 aliphatic carbocycles. The van der Waals surface area contributed by atoms with Gasteiger partial charge < -0.3 is 15.2 Å². The van der Waals surface area contributed by atoms with Gasteiger partial charge in [0, 0.05) is 12.1 Å². The van der Waals surface area contributed by atoms with E-state index in [4.69, 9.17) is 15.2 Å². The van der Waals surface area contributed by atoms with E-state index in [1.807, 2.05) is 24.3 Å². The lowest BCUT2D eigenvalue weighted by atomic mass is 10.1. The molecular formula is C13H21NO2. The van der Waals surface area contributed by atoms with Gasteiger partial charge in [-0.1, -0.05) is 13.0 Å². The lowest BCUT2D eigenvalue weighted by Gasteiger charge is -2.10. The first-order chi connectivity index (χ1) is 7.76. The van der Waals surface area contributed by atoms with Crippen molar-refractivity contribution in [3.8, 4) is 11.5 Å². The number of hydrogen-bond acceptors (Lipinski definition) is 3. The van der Waals surface area contributed by atoms with E-state index in [2.05, 4.69) is 6.92 Å². The maximum absolute atomic E-state index is 5.82. The van der Waals surface area contributed by atoms with Crippen LogP contribution in [0.25, 0.3) is 0 Å². The standard InChI is InChI=1S/C13H21NO2/c1-3-11(14)6-5-9-16-13-8-4-7-12(10-13)15-2/h4,7-8,10-11H,3,5-6,9,14H2,1-2H3.